The monoisotopic (exact) mass is 213 g/mol. The summed E-state index contributed by atoms with van der Waals surface area (Å²) in [7, 11) is 0. The Morgan fingerprint density at radius 3 is 3.23 bits per heavy atom. The van der Waals surface area contributed by atoms with Crippen molar-refractivity contribution in [3.8, 4) is 0 Å². The molecule has 1 aliphatic heterocycles. The van der Waals surface area contributed by atoms with E-state index in [0.717, 1.165) is 11.7 Å². The quantitative estimate of drug-likeness (QED) is 0.760. The summed E-state index contributed by atoms with van der Waals surface area (Å²) in [5, 5.41) is 4.32. The molecule has 0 bridgehead atoms. The predicted molar refractivity (Wildman–Crippen MR) is 60.5 cm³/mol. The molecule has 2 rings (SSSR count). The average molecular weight is 213 g/mol. The zero-order chi connectivity index (χ0) is 9.10. The minimum Gasteiger partial charge on any atom is -0.245 e. The Morgan fingerprint density at radius 1 is 1.62 bits per heavy atom. The minimum absolute atomic E-state index is 0.718. The van der Waals surface area contributed by atoms with E-state index in [9.17, 15) is 0 Å². The molecule has 0 amide bonds. The molecule has 1 nitrogen and oxygen atoms in total. The van der Waals surface area contributed by atoms with Gasteiger partial charge in [0, 0.05) is 5.38 Å². The van der Waals surface area contributed by atoms with Crippen molar-refractivity contribution in [1.82, 2.24) is 4.98 Å². The second kappa shape index (κ2) is 4.47. The minimum atomic E-state index is 0.718. The third kappa shape index (κ3) is 2.26. The Morgan fingerprint density at radius 2 is 2.54 bits per heavy atom. The van der Waals surface area contributed by atoms with Crippen LogP contribution in [0.2, 0.25) is 0 Å². The SMILES string of the molecule is CCCc1csc(C2CCCS2)n1. The van der Waals surface area contributed by atoms with Crippen molar-refractivity contribution in [1.29, 1.82) is 0 Å². The van der Waals surface area contributed by atoms with Gasteiger partial charge in [0.2, 0.25) is 0 Å². The molecular weight excluding hydrogens is 198 g/mol. The molecule has 1 aromatic heterocycles. The van der Waals surface area contributed by atoms with Crippen LogP contribution >= 0.6 is 23.1 Å². The number of hydrogen-bond acceptors (Lipinski definition) is 3. The molecule has 1 saturated heterocycles. The van der Waals surface area contributed by atoms with E-state index in [1.165, 1.54) is 35.7 Å². The second-order valence-corrected chi connectivity index (χ2v) is 5.63. The summed E-state index contributed by atoms with van der Waals surface area (Å²) in [6.45, 7) is 2.21. The number of thiazole rings is 1. The molecule has 0 spiro atoms. The van der Waals surface area contributed by atoms with Crippen LogP contribution in [0.15, 0.2) is 5.38 Å². The second-order valence-electron chi connectivity index (χ2n) is 3.43. The van der Waals surface area contributed by atoms with Crippen LogP contribution in [0.3, 0.4) is 0 Å². The number of aromatic nitrogens is 1. The average Bonchev–Trinajstić information content (AvgIpc) is 2.70. The number of nitrogens with zero attached hydrogens (tertiary/aromatic N) is 1. The van der Waals surface area contributed by atoms with E-state index in [2.05, 4.69) is 29.0 Å². The summed E-state index contributed by atoms with van der Waals surface area (Å²) < 4.78 is 0. The lowest BCUT2D eigenvalue weighted by molar-refractivity contribution is 0.809. The van der Waals surface area contributed by atoms with Crippen LogP contribution in [0.1, 0.15) is 42.1 Å². The largest absolute Gasteiger partial charge is 0.245 e. The van der Waals surface area contributed by atoms with Crippen molar-refractivity contribution >= 4 is 23.1 Å². The van der Waals surface area contributed by atoms with Gasteiger partial charge in [0.15, 0.2) is 0 Å². The normalized spacial score (nSPS) is 22.4. The van der Waals surface area contributed by atoms with Gasteiger partial charge in [-0.1, -0.05) is 13.3 Å². The number of hydrogen-bond donors (Lipinski definition) is 0. The maximum atomic E-state index is 4.68. The first-order chi connectivity index (χ1) is 6.40. The first kappa shape index (κ1) is 9.53. The van der Waals surface area contributed by atoms with Crippen molar-refractivity contribution in [3.05, 3.63) is 16.1 Å². The summed E-state index contributed by atoms with van der Waals surface area (Å²) in [6.07, 6.45) is 5.07. The highest BCUT2D eigenvalue weighted by Crippen LogP contribution is 2.40. The Balaban J connectivity index is 2.03. The third-order valence-electron chi connectivity index (χ3n) is 2.28. The molecule has 72 valence electrons. The molecule has 1 aliphatic rings. The lowest BCUT2D eigenvalue weighted by Crippen LogP contribution is -1.89. The highest BCUT2D eigenvalue weighted by Gasteiger charge is 2.20. The zero-order valence-corrected chi connectivity index (χ0v) is 9.59. The standard InChI is InChI=1S/C10H15NS2/c1-2-4-8-7-13-10(11-8)9-5-3-6-12-9/h7,9H,2-6H2,1H3. The smallest absolute Gasteiger partial charge is 0.106 e. The van der Waals surface area contributed by atoms with Gasteiger partial charge in [-0.05, 0) is 25.0 Å². The predicted octanol–water partition coefficient (Wildman–Crippen LogP) is 3.66. The van der Waals surface area contributed by atoms with Crippen LogP contribution in [-0.2, 0) is 6.42 Å². The molecule has 2 heterocycles. The maximum Gasteiger partial charge on any atom is 0.106 e. The molecule has 1 aromatic rings. The topological polar surface area (TPSA) is 12.9 Å². The first-order valence-electron chi connectivity index (χ1n) is 4.96. The lowest BCUT2D eigenvalue weighted by Gasteiger charge is -2.01. The van der Waals surface area contributed by atoms with Gasteiger partial charge in [-0.15, -0.1) is 11.3 Å². The van der Waals surface area contributed by atoms with Gasteiger partial charge < -0.3 is 0 Å². The van der Waals surface area contributed by atoms with Crippen molar-refractivity contribution in [2.75, 3.05) is 5.75 Å². The molecular formula is C10H15NS2. The Bertz CT molecular complexity index is 264. The summed E-state index contributed by atoms with van der Waals surface area (Å²) in [6, 6.07) is 0. The summed E-state index contributed by atoms with van der Waals surface area (Å²) in [4.78, 5) is 4.68. The van der Waals surface area contributed by atoms with Gasteiger partial charge in [-0.3, -0.25) is 0 Å². The maximum absolute atomic E-state index is 4.68. The van der Waals surface area contributed by atoms with Gasteiger partial charge in [0.25, 0.3) is 0 Å². The summed E-state index contributed by atoms with van der Waals surface area (Å²) >= 11 is 3.93. The van der Waals surface area contributed by atoms with Crippen LogP contribution in [0.5, 0.6) is 0 Å². The third-order valence-corrected chi connectivity index (χ3v) is 4.82. The van der Waals surface area contributed by atoms with Crippen LogP contribution in [0, 0.1) is 0 Å². The fourth-order valence-corrected chi connectivity index (χ4v) is 4.00. The molecule has 0 radical (unpaired) electrons. The van der Waals surface area contributed by atoms with E-state index in [0.29, 0.717) is 0 Å². The Hall–Kier alpha value is -0.0200. The van der Waals surface area contributed by atoms with Crippen molar-refractivity contribution < 1.29 is 0 Å². The number of aryl methyl sites for hydroxylation is 1. The number of thioether (sulfide) groups is 1. The van der Waals surface area contributed by atoms with Gasteiger partial charge >= 0.3 is 0 Å². The van der Waals surface area contributed by atoms with Crippen molar-refractivity contribution in [2.24, 2.45) is 0 Å². The van der Waals surface area contributed by atoms with Gasteiger partial charge in [0.05, 0.1) is 10.9 Å². The Labute approximate surface area is 88.0 Å². The van der Waals surface area contributed by atoms with E-state index in [1.807, 2.05) is 11.3 Å². The molecule has 1 fully saturated rings. The molecule has 0 aromatic carbocycles. The highest BCUT2D eigenvalue weighted by atomic mass is 32.2. The van der Waals surface area contributed by atoms with Crippen LogP contribution in [-0.4, -0.2) is 10.7 Å². The van der Waals surface area contributed by atoms with Crippen LogP contribution in [0.25, 0.3) is 0 Å². The molecule has 0 N–H and O–H groups in total. The summed E-state index contributed by atoms with van der Waals surface area (Å²) in [5.74, 6) is 1.33. The van der Waals surface area contributed by atoms with Crippen LogP contribution in [0.4, 0.5) is 0 Å². The van der Waals surface area contributed by atoms with Crippen LogP contribution < -0.4 is 0 Å². The first-order valence-corrected chi connectivity index (χ1v) is 6.89. The molecule has 1 atom stereocenters. The lowest BCUT2D eigenvalue weighted by atomic mass is 10.2. The zero-order valence-electron chi connectivity index (χ0n) is 7.95. The molecule has 0 saturated carbocycles. The molecule has 1 unspecified atom stereocenters. The highest BCUT2D eigenvalue weighted by molar-refractivity contribution is 7.99. The molecule has 3 heteroatoms. The van der Waals surface area contributed by atoms with E-state index in [4.69, 9.17) is 0 Å². The van der Waals surface area contributed by atoms with E-state index in [1.54, 1.807) is 0 Å². The van der Waals surface area contributed by atoms with Gasteiger partial charge in [0.1, 0.15) is 5.01 Å². The summed E-state index contributed by atoms with van der Waals surface area (Å²) in [5.41, 5.74) is 1.30. The van der Waals surface area contributed by atoms with Crippen molar-refractivity contribution in [3.63, 3.8) is 0 Å². The van der Waals surface area contributed by atoms with E-state index in [-0.39, 0.29) is 0 Å². The number of rotatable bonds is 3. The van der Waals surface area contributed by atoms with Gasteiger partial charge in [-0.2, -0.15) is 11.8 Å². The Kier molecular flexibility index (Phi) is 3.28. The molecule has 13 heavy (non-hydrogen) atoms. The molecule has 0 aliphatic carbocycles. The van der Waals surface area contributed by atoms with Crippen molar-refractivity contribution in [2.45, 2.75) is 37.9 Å². The van der Waals surface area contributed by atoms with Gasteiger partial charge in [-0.25, -0.2) is 4.98 Å². The van der Waals surface area contributed by atoms with E-state index < -0.39 is 0 Å². The fraction of sp³-hybridized carbons (Fsp3) is 0.700. The fourth-order valence-electron chi connectivity index (χ4n) is 1.61. The van der Waals surface area contributed by atoms with E-state index >= 15 is 0 Å².